The van der Waals surface area contributed by atoms with Gasteiger partial charge in [0.1, 0.15) is 29.6 Å². The van der Waals surface area contributed by atoms with Crippen LogP contribution in [0.25, 0.3) is 0 Å². The highest BCUT2D eigenvalue weighted by atomic mass is 35.5. The van der Waals surface area contributed by atoms with Gasteiger partial charge >= 0.3 is 12.1 Å². The molecule has 3 aliphatic rings. The number of carbonyl (C=O) groups excluding carboxylic acids is 6. The van der Waals surface area contributed by atoms with E-state index in [1.807, 2.05) is 50.3 Å². The highest BCUT2D eigenvalue weighted by molar-refractivity contribution is 6.32. The summed E-state index contributed by atoms with van der Waals surface area (Å²) in [4.78, 5) is 77.5. The molecule has 0 bridgehead atoms. The lowest BCUT2D eigenvalue weighted by Gasteiger charge is -2.33. The Kier molecular flexibility index (Phi) is 18.4. The van der Waals surface area contributed by atoms with E-state index >= 15 is 0 Å². The third-order valence-corrected chi connectivity index (χ3v) is 11.0. The maximum Gasteiger partial charge on any atom is 0.407 e. The number of esters is 1. The monoisotopic (exact) mass is 830 g/mol. The van der Waals surface area contributed by atoms with Crippen LogP contribution in [0.5, 0.6) is 5.75 Å². The summed E-state index contributed by atoms with van der Waals surface area (Å²) in [7, 11) is 5.59. The summed E-state index contributed by atoms with van der Waals surface area (Å²) in [6.45, 7) is 7.56. The number of epoxide rings is 1. The highest BCUT2D eigenvalue weighted by Crippen LogP contribution is 2.48. The van der Waals surface area contributed by atoms with Crippen LogP contribution in [0.4, 0.5) is 4.79 Å². The second kappa shape index (κ2) is 22.4. The van der Waals surface area contributed by atoms with Crippen LogP contribution in [0.15, 0.2) is 54.2 Å². The molecular weight excluding hydrogens is 772 g/mol. The number of hydrogen-bond acceptors (Lipinski definition) is 11. The first kappa shape index (κ1) is 47.6. The summed E-state index contributed by atoms with van der Waals surface area (Å²) in [5.74, 6) is -1.64. The topological polar surface area (TPSA) is 193 Å². The average Bonchev–Trinajstić information content (AvgIpc) is 3.81. The summed E-state index contributed by atoms with van der Waals surface area (Å²) >= 11 is 6.15. The fourth-order valence-corrected chi connectivity index (χ4v) is 7.19. The predicted octanol–water partition coefficient (Wildman–Crippen LogP) is 4.43. The quantitative estimate of drug-likeness (QED) is 0.0554. The van der Waals surface area contributed by atoms with Crippen LogP contribution >= 0.6 is 11.6 Å². The van der Waals surface area contributed by atoms with Crippen molar-refractivity contribution in [1.82, 2.24) is 20.4 Å². The Morgan fingerprint density at radius 1 is 1.14 bits per heavy atom. The predicted molar refractivity (Wildman–Crippen MR) is 217 cm³/mol. The second-order valence-corrected chi connectivity index (χ2v) is 15.3. The largest absolute Gasteiger partial charge is 0.495 e. The van der Waals surface area contributed by atoms with Crippen molar-refractivity contribution in [3.05, 3.63) is 64.7 Å². The molecule has 0 saturated carbocycles. The minimum Gasteiger partial charge on any atom is -0.495 e. The van der Waals surface area contributed by atoms with E-state index in [2.05, 4.69) is 10.6 Å². The Morgan fingerprint density at radius 3 is 2.48 bits per heavy atom. The van der Waals surface area contributed by atoms with Gasteiger partial charge in [-0.25, -0.2) is 9.59 Å². The van der Waals surface area contributed by atoms with Crippen LogP contribution in [-0.4, -0.2) is 121 Å². The fraction of sp³-hybridized carbons (Fsp3) is 0.571. The first-order chi connectivity index (χ1) is 27.6. The standard InChI is InChI=1S/C41H55ClN4O10.CH4O/c1-25(21-28-16-17-30(42)32(22-28)53-7)13-10-11-14-29-23-31(54-40(52)44-29)26(2)38-41(4,56-38)33(24-34(47)43-5)55-39(51)27(3)45(6)35(48)15-9-8-12-20-46-36(49)18-19-37(46)50;1-2/h10-11,13,16-19,22,26-27,29,31,33,38H,8-9,12,14-15,20-21,23-24H2,1-7H3,(H,43,47)(H,44,52);2H,1H3/b11-10+,25-13+;/t26-,27?,29?,31?,33+,38?,41?;/m1./s1. The zero-order valence-corrected chi connectivity index (χ0v) is 35.5. The average molecular weight is 831 g/mol. The molecule has 5 amide bonds. The van der Waals surface area contributed by atoms with E-state index in [-0.39, 0.29) is 55.0 Å². The molecule has 320 valence electrons. The lowest BCUT2D eigenvalue weighted by Crippen LogP contribution is -2.49. The van der Waals surface area contributed by atoms with Crippen molar-refractivity contribution in [3.8, 4) is 5.75 Å². The van der Waals surface area contributed by atoms with E-state index in [4.69, 9.17) is 35.7 Å². The molecule has 0 radical (unpaired) electrons. The van der Waals surface area contributed by atoms with Crippen molar-refractivity contribution in [2.24, 2.45) is 5.92 Å². The smallest absolute Gasteiger partial charge is 0.407 e. The van der Waals surface area contributed by atoms with E-state index < -0.39 is 42.0 Å². The molecule has 3 N–H and O–H groups in total. The number of alkyl carbamates (subject to hydrolysis) is 1. The van der Waals surface area contributed by atoms with E-state index in [1.165, 1.54) is 31.1 Å². The maximum atomic E-state index is 13.4. The van der Waals surface area contributed by atoms with E-state index in [0.717, 1.165) is 29.6 Å². The van der Waals surface area contributed by atoms with Crippen molar-refractivity contribution in [1.29, 1.82) is 0 Å². The summed E-state index contributed by atoms with van der Waals surface area (Å²) in [5, 5.41) is 13.0. The Labute approximate surface area is 346 Å². The number of ether oxygens (including phenoxy) is 4. The summed E-state index contributed by atoms with van der Waals surface area (Å²) in [6, 6.07) is 4.57. The van der Waals surface area contributed by atoms with Crippen molar-refractivity contribution in [3.63, 3.8) is 0 Å². The lowest BCUT2D eigenvalue weighted by atomic mass is 9.85. The van der Waals surface area contributed by atoms with Gasteiger partial charge < -0.3 is 39.6 Å². The van der Waals surface area contributed by atoms with Crippen molar-refractivity contribution < 1.29 is 52.8 Å². The number of cyclic esters (lactones) is 1. The van der Waals surface area contributed by atoms with Crippen molar-refractivity contribution in [2.45, 2.75) is 115 Å². The number of rotatable bonds is 20. The Morgan fingerprint density at radius 2 is 1.83 bits per heavy atom. The van der Waals surface area contributed by atoms with Gasteiger partial charge in [0.05, 0.1) is 24.7 Å². The minimum absolute atomic E-state index is 0.165. The molecule has 5 unspecified atom stereocenters. The van der Waals surface area contributed by atoms with E-state index in [0.29, 0.717) is 42.9 Å². The van der Waals surface area contributed by atoms with E-state index in [9.17, 15) is 28.8 Å². The molecule has 15 nitrogen and oxygen atoms in total. The molecule has 58 heavy (non-hydrogen) atoms. The number of benzene rings is 1. The number of amides is 5. The van der Waals surface area contributed by atoms with Gasteiger partial charge in [-0.15, -0.1) is 0 Å². The molecule has 2 fully saturated rings. The molecule has 0 aliphatic carbocycles. The number of likely N-dealkylation sites (N-methyl/N-ethyl adjacent to an activating group) is 1. The Balaban J connectivity index is 0.00000443. The first-order valence-corrected chi connectivity index (χ1v) is 19.9. The van der Waals surface area contributed by atoms with E-state index in [1.54, 1.807) is 21.0 Å². The van der Waals surface area contributed by atoms with Crippen molar-refractivity contribution >= 4 is 47.3 Å². The molecule has 1 aromatic carbocycles. The molecule has 0 aromatic heterocycles. The molecular formula is C42H59ClN4O11. The number of nitrogens with one attached hydrogen (secondary N) is 2. The number of unbranched alkanes of at least 4 members (excludes halogenated alkanes) is 2. The van der Waals surface area contributed by atoms with Crippen LogP contribution in [0, 0.1) is 5.92 Å². The number of nitrogens with zero attached hydrogens (tertiary/aromatic N) is 2. The number of imide groups is 1. The van der Waals surface area contributed by atoms with Gasteiger partial charge in [-0.1, -0.05) is 54.8 Å². The normalized spacial score (nSPS) is 22.9. The SMILES string of the molecule is CNC(=O)C[C@H](OC(=O)C(C)N(C)C(=O)CCCCCN1C(=O)C=CC1=O)C1(C)OC1[C@H](C)C1CC(C/C=C/C=C(\C)Cc2ccc(Cl)c(OC)c2)NC(=O)O1.CO. The van der Waals surface area contributed by atoms with Crippen LogP contribution in [0.2, 0.25) is 5.02 Å². The zero-order chi connectivity index (χ0) is 43.2. The van der Waals surface area contributed by atoms with Crippen LogP contribution < -0.4 is 15.4 Å². The molecule has 16 heteroatoms. The minimum atomic E-state index is -1.04. The van der Waals surface area contributed by atoms with Gasteiger partial charge in [0.15, 0.2) is 0 Å². The molecule has 7 atom stereocenters. The van der Waals surface area contributed by atoms with Crippen LogP contribution in [0.3, 0.4) is 0 Å². The first-order valence-electron chi connectivity index (χ1n) is 19.5. The number of halogens is 1. The fourth-order valence-electron chi connectivity index (χ4n) is 6.99. The van der Waals surface area contributed by atoms with Gasteiger partial charge in [-0.3, -0.25) is 24.1 Å². The molecule has 4 rings (SSSR count). The van der Waals surface area contributed by atoms with Crippen LogP contribution in [-0.2, 0) is 44.6 Å². The lowest BCUT2D eigenvalue weighted by molar-refractivity contribution is -0.162. The molecule has 3 heterocycles. The number of methoxy groups -OCH3 is 1. The zero-order valence-electron chi connectivity index (χ0n) is 34.7. The molecule has 2 saturated heterocycles. The van der Waals surface area contributed by atoms with Gasteiger partial charge in [0.25, 0.3) is 11.8 Å². The third kappa shape index (κ3) is 13.1. The second-order valence-electron chi connectivity index (χ2n) is 14.9. The highest BCUT2D eigenvalue weighted by Gasteiger charge is 2.63. The number of allylic oxidation sites excluding steroid dienone is 3. The molecule has 3 aliphatic heterocycles. The number of carbonyl (C=O) groups is 6. The Bertz CT molecular complexity index is 1710. The number of aliphatic hydroxyl groups excluding tert-OH is 1. The summed E-state index contributed by atoms with van der Waals surface area (Å²) in [5.41, 5.74) is 1.17. The number of aliphatic hydroxyl groups is 1. The molecule has 0 spiro atoms. The van der Waals surface area contributed by atoms with Crippen LogP contribution in [0.1, 0.15) is 78.2 Å². The summed E-state index contributed by atoms with van der Waals surface area (Å²) in [6.07, 6.45) is 9.52. The van der Waals surface area contributed by atoms with Crippen molar-refractivity contribution in [2.75, 3.05) is 34.9 Å². The maximum absolute atomic E-state index is 13.4. The van der Waals surface area contributed by atoms with Gasteiger partial charge in [-0.05, 0) is 64.2 Å². The third-order valence-electron chi connectivity index (χ3n) is 10.7. The molecule has 1 aromatic rings. The number of hydrogen-bond donors (Lipinski definition) is 3. The summed E-state index contributed by atoms with van der Waals surface area (Å²) < 4.78 is 23.1. The van der Waals surface area contributed by atoms with Gasteiger partial charge in [0, 0.05) is 64.7 Å². The Hall–Kier alpha value is -4.73. The van der Waals surface area contributed by atoms with Gasteiger partial charge in [-0.2, -0.15) is 0 Å². The van der Waals surface area contributed by atoms with Gasteiger partial charge in [0.2, 0.25) is 11.8 Å².